The maximum atomic E-state index is 13.7. The van der Waals surface area contributed by atoms with Crippen LogP contribution in [-0.4, -0.2) is 17.8 Å². The predicted molar refractivity (Wildman–Crippen MR) is 81.8 cm³/mol. The first kappa shape index (κ1) is 15.5. The van der Waals surface area contributed by atoms with Crippen LogP contribution in [-0.2, 0) is 9.59 Å². The van der Waals surface area contributed by atoms with Crippen molar-refractivity contribution < 1.29 is 23.2 Å². The van der Waals surface area contributed by atoms with Crippen LogP contribution < -0.4 is 10.2 Å². The molecule has 3 rings (SSSR count). The fourth-order valence-electron chi connectivity index (χ4n) is 2.25. The fourth-order valence-corrected chi connectivity index (χ4v) is 2.25. The van der Waals surface area contributed by atoms with Gasteiger partial charge in [-0.05, 0) is 30.3 Å². The summed E-state index contributed by atoms with van der Waals surface area (Å²) in [5, 5.41) is 1.98. The van der Waals surface area contributed by atoms with Crippen LogP contribution in [0.15, 0.2) is 54.1 Å². The first-order valence-corrected chi connectivity index (χ1v) is 6.89. The zero-order chi connectivity index (χ0) is 17.3. The van der Waals surface area contributed by atoms with Crippen molar-refractivity contribution in [3.05, 3.63) is 71.3 Å². The zero-order valence-corrected chi connectivity index (χ0v) is 12.1. The van der Waals surface area contributed by atoms with Crippen molar-refractivity contribution in [2.75, 3.05) is 4.90 Å². The Kier molecular flexibility index (Phi) is 3.91. The highest BCUT2D eigenvalue weighted by molar-refractivity contribution is 6.39. The average Bonchev–Trinajstić information content (AvgIpc) is 2.53. The van der Waals surface area contributed by atoms with Gasteiger partial charge in [0.1, 0.15) is 17.2 Å². The topological polar surface area (TPSA) is 66.5 Å². The lowest BCUT2D eigenvalue weighted by molar-refractivity contribution is -0.122. The quantitative estimate of drug-likeness (QED) is 0.681. The monoisotopic (exact) mass is 328 g/mol. The highest BCUT2D eigenvalue weighted by Crippen LogP contribution is 2.23. The number of rotatable bonds is 2. The molecule has 2 aromatic carbocycles. The Hall–Kier alpha value is -3.35. The molecule has 24 heavy (non-hydrogen) atoms. The van der Waals surface area contributed by atoms with Gasteiger partial charge in [0.15, 0.2) is 0 Å². The van der Waals surface area contributed by atoms with Gasteiger partial charge in [0, 0.05) is 5.56 Å². The Labute approximate surface area is 135 Å². The van der Waals surface area contributed by atoms with Crippen molar-refractivity contribution in [3.8, 4) is 0 Å². The Bertz CT molecular complexity index is 893. The molecule has 7 heteroatoms. The summed E-state index contributed by atoms with van der Waals surface area (Å²) in [5.74, 6) is -3.18. The standard InChI is InChI=1S/C17H10F2N2O3/c18-11-5-3-6-12(9-11)21-16(23)13(15(22)20-17(21)24)8-10-4-1-2-7-14(10)19/h1-9H,(H,20,22,24)/b13-8+. The lowest BCUT2D eigenvalue weighted by atomic mass is 10.1. The SMILES string of the molecule is O=C1NC(=O)N(c2cccc(F)c2)C(=O)/C1=C/c1ccccc1F. The van der Waals surface area contributed by atoms with Gasteiger partial charge in [-0.2, -0.15) is 0 Å². The molecule has 0 unspecified atom stereocenters. The molecule has 5 nitrogen and oxygen atoms in total. The van der Waals surface area contributed by atoms with Gasteiger partial charge in [-0.1, -0.05) is 24.3 Å². The van der Waals surface area contributed by atoms with Gasteiger partial charge in [-0.15, -0.1) is 0 Å². The van der Waals surface area contributed by atoms with Crippen molar-refractivity contribution in [3.63, 3.8) is 0 Å². The number of carbonyl (C=O) groups excluding carboxylic acids is 3. The van der Waals surface area contributed by atoms with Crippen molar-refractivity contribution in [2.45, 2.75) is 0 Å². The lowest BCUT2D eigenvalue weighted by Gasteiger charge is -2.26. The van der Waals surface area contributed by atoms with Gasteiger partial charge < -0.3 is 0 Å². The second-order valence-corrected chi connectivity index (χ2v) is 4.96. The number of nitrogens with zero attached hydrogens (tertiary/aromatic N) is 1. The number of amides is 4. The van der Waals surface area contributed by atoms with Crippen molar-refractivity contribution in [2.24, 2.45) is 0 Å². The minimum absolute atomic E-state index is 0.0181. The van der Waals surface area contributed by atoms with Crippen LogP contribution in [0, 0.1) is 11.6 Å². The second-order valence-electron chi connectivity index (χ2n) is 4.96. The van der Waals surface area contributed by atoms with E-state index in [0.717, 1.165) is 18.2 Å². The smallest absolute Gasteiger partial charge is 0.273 e. The molecule has 2 aromatic rings. The third-order valence-corrected chi connectivity index (χ3v) is 3.37. The van der Waals surface area contributed by atoms with Gasteiger partial charge in [0.25, 0.3) is 11.8 Å². The first-order chi connectivity index (χ1) is 11.5. The molecule has 4 amide bonds. The molecule has 0 aromatic heterocycles. The summed E-state index contributed by atoms with van der Waals surface area (Å²) < 4.78 is 27.1. The summed E-state index contributed by atoms with van der Waals surface area (Å²) in [5.41, 5.74) is -0.446. The van der Waals surface area contributed by atoms with Crippen LogP contribution in [0.3, 0.4) is 0 Å². The molecule has 1 heterocycles. The number of anilines is 1. The summed E-state index contributed by atoms with van der Waals surface area (Å²) in [4.78, 5) is 37.0. The Morgan fingerprint density at radius 2 is 1.71 bits per heavy atom. The van der Waals surface area contributed by atoms with Crippen LogP contribution >= 0.6 is 0 Å². The Balaban J connectivity index is 2.05. The predicted octanol–water partition coefficient (Wildman–Crippen LogP) is 2.63. The van der Waals surface area contributed by atoms with E-state index >= 15 is 0 Å². The van der Waals surface area contributed by atoms with Crippen molar-refractivity contribution in [1.29, 1.82) is 0 Å². The maximum absolute atomic E-state index is 13.7. The van der Waals surface area contributed by atoms with E-state index in [4.69, 9.17) is 0 Å². The van der Waals surface area contributed by atoms with Crippen molar-refractivity contribution in [1.82, 2.24) is 5.32 Å². The minimum atomic E-state index is -0.999. The normalized spacial score (nSPS) is 16.5. The summed E-state index contributed by atoms with van der Waals surface area (Å²) in [7, 11) is 0. The van der Waals surface area contributed by atoms with Crippen LogP contribution in [0.1, 0.15) is 5.56 Å². The summed E-state index contributed by atoms with van der Waals surface area (Å²) >= 11 is 0. The third kappa shape index (κ3) is 2.79. The average molecular weight is 328 g/mol. The molecule has 0 saturated carbocycles. The largest absolute Gasteiger partial charge is 0.335 e. The number of benzene rings is 2. The van der Waals surface area contributed by atoms with Gasteiger partial charge >= 0.3 is 6.03 Å². The van der Waals surface area contributed by atoms with Crippen LogP contribution in [0.25, 0.3) is 6.08 Å². The molecule has 1 aliphatic rings. The van der Waals surface area contributed by atoms with Crippen LogP contribution in [0.4, 0.5) is 19.3 Å². The number of imide groups is 2. The maximum Gasteiger partial charge on any atom is 0.335 e. The molecular weight excluding hydrogens is 318 g/mol. The Morgan fingerprint density at radius 1 is 0.958 bits per heavy atom. The van der Waals surface area contributed by atoms with Gasteiger partial charge in [-0.3, -0.25) is 14.9 Å². The highest BCUT2D eigenvalue weighted by Gasteiger charge is 2.37. The molecule has 0 radical (unpaired) electrons. The number of nitrogens with one attached hydrogen (secondary N) is 1. The molecule has 1 N–H and O–H groups in total. The fraction of sp³-hybridized carbons (Fsp3) is 0. The van der Waals surface area contributed by atoms with E-state index < -0.39 is 35.1 Å². The first-order valence-electron chi connectivity index (χ1n) is 6.89. The molecule has 1 saturated heterocycles. The van der Waals surface area contributed by atoms with Gasteiger partial charge in [0.2, 0.25) is 0 Å². The van der Waals surface area contributed by atoms with E-state index in [1.54, 1.807) is 0 Å². The third-order valence-electron chi connectivity index (χ3n) is 3.37. The number of hydrogen-bond acceptors (Lipinski definition) is 3. The number of urea groups is 1. The van der Waals surface area contributed by atoms with Gasteiger partial charge in [0.05, 0.1) is 5.69 Å². The van der Waals surface area contributed by atoms with Crippen LogP contribution in [0.5, 0.6) is 0 Å². The molecule has 120 valence electrons. The number of barbiturate groups is 1. The van der Waals surface area contributed by atoms with E-state index in [-0.39, 0.29) is 11.3 Å². The van der Waals surface area contributed by atoms with Crippen LogP contribution in [0.2, 0.25) is 0 Å². The second kappa shape index (κ2) is 6.04. The summed E-state index contributed by atoms with van der Waals surface area (Å²) in [6, 6.07) is 9.35. The molecule has 1 aliphatic heterocycles. The van der Waals surface area contributed by atoms with Crippen molar-refractivity contribution >= 4 is 29.6 Å². The highest BCUT2D eigenvalue weighted by atomic mass is 19.1. The Morgan fingerprint density at radius 3 is 2.42 bits per heavy atom. The van der Waals surface area contributed by atoms with E-state index in [2.05, 4.69) is 0 Å². The van der Waals surface area contributed by atoms with E-state index in [9.17, 15) is 23.2 Å². The molecule has 0 bridgehead atoms. The number of carbonyl (C=O) groups is 3. The summed E-state index contributed by atoms with van der Waals surface area (Å²) in [6.07, 6.45) is 1.05. The summed E-state index contributed by atoms with van der Waals surface area (Å²) in [6.45, 7) is 0. The van der Waals surface area contributed by atoms with E-state index in [0.29, 0.717) is 4.90 Å². The van der Waals surface area contributed by atoms with E-state index in [1.807, 2.05) is 5.32 Å². The zero-order valence-electron chi connectivity index (χ0n) is 12.1. The molecule has 0 atom stereocenters. The van der Waals surface area contributed by atoms with Gasteiger partial charge in [-0.25, -0.2) is 18.5 Å². The van der Waals surface area contributed by atoms with E-state index in [1.165, 1.54) is 36.4 Å². The molecule has 0 aliphatic carbocycles. The molecule has 0 spiro atoms. The minimum Gasteiger partial charge on any atom is -0.273 e. The molecular formula is C17H10F2N2O3. The number of hydrogen-bond donors (Lipinski definition) is 1. The lowest BCUT2D eigenvalue weighted by Crippen LogP contribution is -2.54. The number of halogens is 2. The molecule has 1 fully saturated rings.